The van der Waals surface area contributed by atoms with Gasteiger partial charge in [-0.2, -0.15) is 5.26 Å². The van der Waals surface area contributed by atoms with E-state index >= 15 is 0 Å². The Morgan fingerprint density at radius 1 is 1.20 bits per heavy atom. The third-order valence-electron chi connectivity index (χ3n) is 4.34. The Balaban J connectivity index is 2.52. The van der Waals surface area contributed by atoms with Gasteiger partial charge in [-0.1, -0.05) is 33.6 Å². The van der Waals surface area contributed by atoms with E-state index in [1.54, 1.807) is 0 Å². The van der Waals surface area contributed by atoms with Crippen molar-refractivity contribution in [1.82, 2.24) is 4.90 Å². The molecule has 0 aromatic heterocycles. The Bertz CT molecular complexity index is 215. The molecular formula is C13H24N2. The molecule has 0 aromatic carbocycles. The van der Waals surface area contributed by atoms with Crippen molar-refractivity contribution in [3.05, 3.63) is 0 Å². The van der Waals surface area contributed by atoms with Crippen LogP contribution >= 0.6 is 0 Å². The maximum Gasteiger partial charge on any atom is 0.0975 e. The summed E-state index contributed by atoms with van der Waals surface area (Å²) >= 11 is 0. The van der Waals surface area contributed by atoms with Crippen molar-refractivity contribution in [3.8, 4) is 6.07 Å². The summed E-state index contributed by atoms with van der Waals surface area (Å²) in [4.78, 5) is 2.36. The first-order valence-electron chi connectivity index (χ1n) is 6.35. The maximum atomic E-state index is 9.03. The molecule has 15 heavy (non-hydrogen) atoms. The van der Waals surface area contributed by atoms with Crippen molar-refractivity contribution in [2.75, 3.05) is 13.1 Å². The molecule has 1 aliphatic rings. The van der Waals surface area contributed by atoms with Crippen LogP contribution in [-0.2, 0) is 0 Å². The number of hydrogen-bond acceptors (Lipinski definition) is 2. The van der Waals surface area contributed by atoms with Crippen LogP contribution in [0.4, 0.5) is 0 Å². The van der Waals surface area contributed by atoms with Gasteiger partial charge >= 0.3 is 0 Å². The zero-order valence-corrected chi connectivity index (χ0v) is 10.4. The molecule has 0 aliphatic carbocycles. The van der Waals surface area contributed by atoms with Crippen LogP contribution in [-0.4, -0.2) is 24.0 Å². The lowest BCUT2D eigenvalue weighted by atomic mass is 9.74. The molecule has 0 amide bonds. The van der Waals surface area contributed by atoms with Gasteiger partial charge in [0.25, 0.3) is 0 Å². The first kappa shape index (κ1) is 12.5. The molecule has 2 heteroatoms. The SMILES string of the molecule is CCC(C#N)N1CCC(CC)(CC)CC1. The van der Waals surface area contributed by atoms with E-state index < -0.39 is 0 Å². The number of hydrogen-bond donors (Lipinski definition) is 0. The monoisotopic (exact) mass is 208 g/mol. The molecule has 0 aromatic rings. The van der Waals surface area contributed by atoms with Gasteiger partial charge in [0.2, 0.25) is 0 Å². The molecule has 0 saturated carbocycles. The standard InChI is InChI=1S/C13H24N2/c1-4-12(11-14)15-9-7-13(5-2,6-3)8-10-15/h12H,4-10H2,1-3H3. The minimum absolute atomic E-state index is 0.150. The minimum atomic E-state index is 0.150. The molecule has 1 saturated heterocycles. The maximum absolute atomic E-state index is 9.03. The summed E-state index contributed by atoms with van der Waals surface area (Å²) in [6.45, 7) is 8.96. The summed E-state index contributed by atoms with van der Waals surface area (Å²) in [7, 11) is 0. The fourth-order valence-electron chi connectivity index (χ4n) is 2.70. The summed E-state index contributed by atoms with van der Waals surface area (Å²) in [5.41, 5.74) is 0.574. The highest BCUT2D eigenvalue weighted by molar-refractivity contribution is 4.94. The van der Waals surface area contributed by atoms with Crippen LogP contribution in [0.3, 0.4) is 0 Å². The molecule has 1 rings (SSSR count). The van der Waals surface area contributed by atoms with Crippen LogP contribution in [0.15, 0.2) is 0 Å². The number of likely N-dealkylation sites (tertiary alicyclic amines) is 1. The van der Waals surface area contributed by atoms with Crippen LogP contribution in [0, 0.1) is 16.7 Å². The zero-order valence-electron chi connectivity index (χ0n) is 10.4. The van der Waals surface area contributed by atoms with Gasteiger partial charge in [-0.15, -0.1) is 0 Å². The van der Waals surface area contributed by atoms with Crippen LogP contribution < -0.4 is 0 Å². The quantitative estimate of drug-likeness (QED) is 0.709. The minimum Gasteiger partial charge on any atom is -0.288 e. The normalized spacial score (nSPS) is 23.3. The Morgan fingerprint density at radius 2 is 1.73 bits per heavy atom. The second-order valence-electron chi connectivity index (χ2n) is 4.80. The molecule has 1 fully saturated rings. The highest BCUT2D eigenvalue weighted by Crippen LogP contribution is 2.38. The van der Waals surface area contributed by atoms with E-state index in [1.807, 2.05) is 0 Å². The number of nitrogens with zero attached hydrogens (tertiary/aromatic N) is 2. The molecule has 1 atom stereocenters. The van der Waals surface area contributed by atoms with Gasteiger partial charge in [-0.25, -0.2) is 0 Å². The highest BCUT2D eigenvalue weighted by Gasteiger charge is 2.33. The smallest absolute Gasteiger partial charge is 0.0975 e. The van der Waals surface area contributed by atoms with E-state index in [0.29, 0.717) is 5.41 Å². The van der Waals surface area contributed by atoms with Crippen molar-refractivity contribution < 1.29 is 0 Å². The largest absolute Gasteiger partial charge is 0.288 e. The Morgan fingerprint density at radius 3 is 2.07 bits per heavy atom. The van der Waals surface area contributed by atoms with Crippen LogP contribution in [0.5, 0.6) is 0 Å². The van der Waals surface area contributed by atoms with Gasteiger partial charge < -0.3 is 0 Å². The summed E-state index contributed by atoms with van der Waals surface area (Å²) < 4.78 is 0. The highest BCUT2D eigenvalue weighted by atomic mass is 15.2. The van der Waals surface area contributed by atoms with E-state index in [9.17, 15) is 0 Å². The second-order valence-corrected chi connectivity index (χ2v) is 4.80. The van der Waals surface area contributed by atoms with E-state index in [2.05, 4.69) is 31.7 Å². The summed E-state index contributed by atoms with van der Waals surface area (Å²) in [5, 5.41) is 9.03. The van der Waals surface area contributed by atoms with Crippen molar-refractivity contribution in [2.24, 2.45) is 5.41 Å². The lowest BCUT2D eigenvalue weighted by Crippen LogP contribution is -2.44. The predicted molar refractivity (Wildman–Crippen MR) is 63.5 cm³/mol. The molecule has 1 aliphatic heterocycles. The van der Waals surface area contributed by atoms with E-state index in [4.69, 9.17) is 5.26 Å². The molecule has 0 bridgehead atoms. The van der Waals surface area contributed by atoms with Crippen molar-refractivity contribution in [1.29, 1.82) is 5.26 Å². The van der Waals surface area contributed by atoms with Gasteiger partial charge in [0.05, 0.1) is 12.1 Å². The van der Waals surface area contributed by atoms with E-state index in [1.165, 1.54) is 25.7 Å². The van der Waals surface area contributed by atoms with Crippen molar-refractivity contribution in [3.63, 3.8) is 0 Å². The molecule has 0 spiro atoms. The van der Waals surface area contributed by atoms with Gasteiger partial charge in [-0.3, -0.25) is 4.90 Å². The molecule has 1 heterocycles. The number of nitriles is 1. The summed E-state index contributed by atoms with van der Waals surface area (Å²) in [6.07, 6.45) is 6.10. The molecule has 0 N–H and O–H groups in total. The first-order valence-corrected chi connectivity index (χ1v) is 6.35. The van der Waals surface area contributed by atoms with Gasteiger partial charge in [0.15, 0.2) is 0 Å². The number of piperidine rings is 1. The molecule has 0 radical (unpaired) electrons. The topological polar surface area (TPSA) is 27.0 Å². The third kappa shape index (κ3) is 2.72. The van der Waals surface area contributed by atoms with Crippen molar-refractivity contribution in [2.45, 2.75) is 58.9 Å². The van der Waals surface area contributed by atoms with Gasteiger partial charge in [0, 0.05) is 0 Å². The summed E-state index contributed by atoms with van der Waals surface area (Å²) in [6, 6.07) is 2.56. The second kappa shape index (κ2) is 5.51. The average molecular weight is 208 g/mol. The Kier molecular flexibility index (Phi) is 4.60. The molecule has 1 unspecified atom stereocenters. The average Bonchev–Trinajstić information content (AvgIpc) is 2.32. The fraction of sp³-hybridized carbons (Fsp3) is 0.923. The predicted octanol–water partition coefficient (Wildman–Crippen LogP) is 3.19. The van der Waals surface area contributed by atoms with Crippen molar-refractivity contribution >= 4 is 0 Å². The third-order valence-corrected chi connectivity index (χ3v) is 4.34. The fourth-order valence-corrected chi connectivity index (χ4v) is 2.70. The molecule has 86 valence electrons. The van der Waals surface area contributed by atoms with Crippen LogP contribution in [0.1, 0.15) is 52.9 Å². The molecular weight excluding hydrogens is 184 g/mol. The van der Waals surface area contributed by atoms with Gasteiger partial charge in [0.1, 0.15) is 0 Å². The lowest BCUT2D eigenvalue weighted by Gasteiger charge is -2.42. The summed E-state index contributed by atoms with van der Waals surface area (Å²) in [5.74, 6) is 0. The first-order chi connectivity index (χ1) is 7.21. The van der Waals surface area contributed by atoms with Crippen LogP contribution in [0.2, 0.25) is 0 Å². The number of rotatable bonds is 4. The lowest BCUT2D eigenvalue weighted by molar-refractivity contribution is 0.0796. The Hall–Kier alpha value is -0.550. The van der Waals surface area contributed by atoms with E-state index in [-0.39, 0.29) is 6.04 Å². The zero-order chi connectivity index (χ0) is 11.3. The van der Waals surface area contributed by atoms with E-state index in [0.717, 1.165) is 19.5 Å². The van der Waals surface area contributed by atoms with Crippen LogP contribution in [0.25, 0.3) is 0 Å². The Labute approximate surface area is 94.3 Å². The molecule has 2 nitrogen and oxygen atoms in total. The van der Waals surface area contributed by atoms with Gasteiger partial charge in [-0.05, 0) is 37.8 Å².